The molecule has 1 atom stereocenters. The van der Waals surface area contributed by atoms with Crippen LogP contribution < -0.4 is 20.5 Å². The van der Waals surface area contributed by atoms with E-state index in [9.17, 15) is 18.6 Å². The van der Waals surface area contributed by atoms with Crippen LogP contribution in [0.5, 0.6) is 0 Å². The molecule has 146 valence electrons. The van der Waals surface area contributed by atoms with E-state index in [4.69, 9.17) is 16.7 Å². The summed E-state index contributed by atoms with van der Waals surface area (Å²) in [5.74, 6) is 0. The fourth-order valence-corrected chi connectivity index (χ4v) is 4.66. The van der Waals surface area contributed by atoms with Gasteiger partial charge in [0.15, 0.2) is 0 Å². The average Bonchev–Trinajstić information content (AvgIpc) is 2.64. The molecule has 11 heteroatoms. The zero-order valence-corrected chi connectivity index (χ0v) is 16.5. The van der Waals surface area contributed by atoms with Gasteiger partial charge in [-0.05, 0) is 40.8 Å². The molecule has 1 aliphatic heterocycles. The number of fused-ring (bicyclic) bond motifs is 1. The molecule has 8 nitrogen and oxygen atoms in total. The second kappa shape index (κ2) is 8.33. The average molecular weight is 431 g/mol. The van der Waals surface area contributed by atoms with Crippen molar-refractivity contribution in [3.63, 3.8) is 0 Å². The first-order chi connectivity index (χ1) is 12.8. The minimum atomic E-state index is -3.90. The lowest BCUT2D eigenvalue weighted by Crippen LogP contribution is -2.46. The second-order valence-electron chi connectivity index (χ2n) is 5.98. The van der Waals surface area contributed by atoms with E-state index in [1.54, 1.807) is 6.07 Å². The topological polar surface area (TPSA) is 137 Å². The number of aliphatic hydroxyl groups excluding tert-OH is 2. The molecule has 0 radical (unpaired) electrons. The van der Waals surface area contributed by atoms with Crippen molar-refractivity contribution in [1.29, 1.82) is 0 Å². The third-order valence-electron chi connectivity index (χ3n) is 3.92. The molecule has 0 aliphatic carbocycles. The molecule has 0 saturated carbocycles. The Morgan fingerprint density at radius 3 is 2.33 bits per heavy atom. The van der Waals surface area contributed by atoms with Gasteiger partial charge in [-0.3, -0.25) is 5.32 Å². The van der Waals surface area contributed by atoms with Crippen molar-refractivity contribution in [3.8, 4) is 0 Å². The molecular weight excluding hydrogens is 412 g/mol. The van der Waals surface area contributed by atoms with Gasteiger partial charge in [-0.2, -0.15) is 0 Å². The van der Waals surface area contributed by atoms with Gasteiger partial charge in [0, 0.05) is 11.4 Å². The number of hydrogen-bond donors (Lipinski definition) is 6. The lowest BCUT2D eigenvalue weighted by atomic mass is 10.1. The summed E-state index contributed by atoms with van der Waals surface area (Å²) in [6, 6.07) is 8.40. The lowest BCUT2D eigenvalue weighted by Gasteiger charge is -2.29. The van der Waals surface area contributed by atoms with Crippen molar-refractivity contribution >= 4 is 39.3 Å². The number of halogens is 1. The molecule has 2 aromatic rings. The molecule has 0 spiro atoms. The molecule has 0 fully saturated rings. The number of anilines is 1. The van der Waals surface area contributed by atoms with Gasteiger partial charge in [0.2, 0.25) is 10.0 Å². The number of rotatable bonds is 6. The normalized spacial score (nSPS) is 16.7. The molecule has 1 heterocycles. The van der Waals surface area contributed by atoms with Gasteiger partial charge in [-0.25, -0.2) is 18.3 Å². The van der Waals surface area contributed by atoms with Crippen molar-refractivity contribution in [2.75, 3.05) is 5.32 Å². The number of nitrogens with one attached hydrogen (secondary N) is 3. The van der Waals surface area contributed by atoms with E-state index in [2.05, 4.69) is 15.4 Å². The van der Waals surface area contributed by atoms with Crippen LogP contribution in [0.15, 0.2) is 40.1 Å². The van der Waals surface area contributed by atoms with Gasteiger partial charge in [0.25, 0.3) is 0 Å². The van der Waals surface area contributed by atoms with Crippen molar-refractivity contribution in [2.45, 2.75) is 35.8 Å². The van der Waals surface area contributed by atoms with E-state index in [1.807, 2.05) is 12.1 Å². The van der Waals surface area contributed by atoms with Crippen molar-refractivity contribution in [2.24, 2.45) is 5.14 Å². The second-order valence-corrected chi connectivity index (χ2v) is 8.79. The zero-order valence-electron chi connectivity index (χ0n) is 14.1. The molecule has 0 amide bonds. The Morgan fingerprint density at radius 2 is 1.74 bits per heavy atom. The summed E-state index contributed by atoms with van der Waals surface area (Å²) >= 11 is 7.29. The first-order valence-corrected chi connectivity index (χ1v) is 10.7. The maximum atomic E-state index is 11.6. The number of primary sulfonamides is 1. The Balaban J connectivity index is 1.71. The summed E-state index contributed by atoms with van der Waals surface area (Å²) in [4.78, 5) is 0.536. The number of aliphatic hydroxyl groups is 2. The first-order valence-electron chi connectivity index (χ1n) is 7.92. The van der Waals surface area contributed by atoms with Gasteiger partial charge in [-0.1, -0.05) is 29.8 Å². The largest absolute Gasteiger partial charge is 0.392 e. The number of sulfonamides is 1. The molecule has 27 heavy (non-hydrogen) atoms. The Kier molecular flexibility index (Phi) is 6.28. The highest BCUT2D eigenvalue weighted by atomic mass is 35.5. The number of nitrogens with two attached hydrogens (primary N) is 1. The van der Waals surface area contributed by atoms with E-state index in [0.717, 1.165) is 16.7 Å². The quantitative estimate of drug-likeness (QED) is 0.374. The van der Waals surface area contributed by atoms with Crippen LogP contribution in [0, 0.1) is 0 Å². The van der Waals surface area contributed by atoms with Crippen molar-refractivity contribution < 1.29 is 18.6 Å². The van der Waals surface area contributed by atoms with E-state index in [-0.39, 0.29) is 29.4 Å². The van der Waals surface area contributed by atoms with Gasteiger partial charge in [0.1, 0.15) is 11.2 Å². The van der Waals surface area contributed by atoms with Crippen LogP contribution in [0.25, 0.3) is 0 Å². The molecule has 0 saturated heterocycles. The highest BCUT2D eigenvalue weighted by Crippen LogP contribution is 2.35. The van der Waals surface area contributed by atoms with Crippen LogP contribution in [-0.4, -0.2) is 24.9 Å². The van der Waals surface area contributed by atoms with E-state index in [1.165, 1.54) is 24.1 Å². The molecule has 0 aromatic heterocycles. The Labute approximate surface area is 166 Å². The zero-order chi connectivity index (χ0) is 19.6. The summed E-state index contributed by atoms with van der Waals surface area (Å²) in [5.41, 5.74) is 3.04. The smallest absolute Gasteiger partial charge is 0.239 e. The first kappa shape index (κ1) is 20.4. The highest BCUT2D eigenvalue weighted by Gasteiger charge is 2.22. The fraction of sp³-hybridized carbons (Fsp3) is 0.250. The summed E-state index contributed by atoms with van der Waals surface area (Å²) in [7, 11) is -3.90. The maximum Gasteiger partial charge on any atom is 0.239 e. The summed E-state index contributed by atoms with van der Waals surface area (Å²) < 4.78 is 26.2. The van der Waals surface area contributed by atoms with E-state index < -0.39 is 10.0 Å². The summed E-state index contributed by atoms with van der Waals surface area (Å²) in [6.07, 6.45) is -0.311. The third kappa shape index (κ3) is 4.92. The van der Waals surface area contributed by atoms with Crippen LogP contribution in [0.3, 0.4) is 0 Å². The van der Waals surface area contributed by atoms with E-state index >= 15 is 0 Å². The van der Waals surface area contributed by atoms with Crippen LogP contribution >= 0.6 is 23.5 Å². The van der Waals surface area contributed by atoms with Crippen LogP contribution in [-0.2, 0) is 29.8 Å². The van der Waals surface area contributed by atoms with Crippen LogP contribution in [0.2, 0.25) is 5.02 Å². The summed E-state index contributed by atoms with van der Waals surface area (Å²) in [5, 5.41) is 30.3. The molecule has 1 aliphatic rings. The minimum absolute atomic E-state index is 0.0493. The number of hydrogen-bond acceptors (Lipinski definition) is 8. The van der Waals surface area contributed by atoms with E-state index in [0.29, 0.717) is 17.1 Å². The Bertz CT molecular complexity index is 933. The monoisotopic (exact) mass is 430 g/mol. The Morgan fingerprint density at radius 1 is 1.11 bits per heavy atom. The molecule has 7 N–H and O–H groups in total. The molecular formula is C16H19ClN4O4S2. The SMILES string of the molecule is NS(=O)(=O)c1cc2c(cc1Cl)NC(NCc1cc(CO)cc(CO)c1)NS2. The molecule has 2 aromatic carbocycles. The van der Waals surface area contributed by atoms with Gasteiger partial charge >= 0.3 is 0 Å². The minimum Gasteiger partial charge on any atom is -0.392 e. The van der Waals surface area contributed by atoms with Crippen molar-refractivity contribution in [3.05, 3.63) is 52.0 Å². The molecule has 0 bridgehead atoms. The summed E-state index contributed by atoms with van der Waals surface area (Å²) in [6.45, 7) is 0.272. The lowest BCUT2D eigenvalue weighted by molar-refractivity contribution is 0.275. The Hall–Kier alpha value is -1.37. The predicted octanol–water partition coefficient (Wildman–Crippen LogP) is 1.07. The predicted molar refractivity (Wildman–Crippen MR) is 104 cm³/mol. The van der Waals surface area contributed by atoms with Crippen LogP contribution in [0.4, 0.5) is 5.69 Å². The number of benzene rings is 2. The van der Waals surface area contributed by atoms with Gasteiger partial charge in [0.05, 0.1) is 23.9 Å². The standard InChI is InChI=1S/C16H19ClN4O4S2/c17-12-4-13-14(5-15(12)27(18,24)25)26-21-16(20-13)19-6-9-1-10(7-22)3-11(2-9)8-23/h1-5,16,19-23H,6-8H2,(H2,18,24,25). The van der Waals surface area contributed by atoms with Gasteiger partial charge in [-0.15, -0.1) is 0 Å². The van der Waals surface area contributed by atoms with Crippen molar-refractivity contribution in [1.82, 2.24) is 10.0 Å². The fourth-order valence-electron chi connectivity index (χ4n) is 2.69. The molecule has 3 rings (SSSR count). The van der Waals surface area contributed by atoms with Gasteiger partial charge < -0.3 is 15.5 Å². The maximum absolute atomic E-state index is 11.6. The van der Waals surface area contributed by atoms with Crippen LogP contribution in [0.1, 0.15) is 16.7 Å². The third-order valence-corrected chi connectivity index (χ3v) is 6.20. The molecule has 1 unspecified atom stereocenters. The highest BCUT2D eigenvalue weighted by molar-refractivity contribution is 7.97.